The van der Waals surface area contributed by atoms with Crippen LogP contribution < -0.4 is 0 Å². The predicted molar refractivity (Wildman–Crippen MR) is 92.7 cm³/mol. The van der Waals surface area contributed by atoms with Crippen molar-refractivity contribution in [1.82, 2.24) is 9.97 Å². The fourth-order valence-electron chi connectivity index (χ4n) is 2.25. The number of rotatable bonds is 2. The largest absolute Gasteiger partial charge is 0.339 e. The number of H-pyrrole nitrogens is 1. The molecular weight excluding hydrogens is 344 g/mol. The second-order valence-electron chi connectivity index (χ2n) is 4.81. The first kappa shape index (κ1) is 14.2. The van der Waals surface area contributed by atoms with Crippen molar-refractivity contribution in [3.8, 4) is 22.6 Å². The predicted octanol–water partition coefficient (Wildman–Crippen LogP) is 5.54. The maximum atomic E-state index is 5.32. The van der Waals surface area contributed by atoms with Crippen LogP contribution in [0.2, 0.25) is 0 Å². The van der Waals surface area contributed by atoms with Crippen molar-refractivity contribution in [2.45, 2.75) is 6.92 Å². The van der Waals surface area contributed by atoms with Gasteiger partial charge in [0.15, 0.2) is 0 Å². The number of aromatic nitrogens is 2. The molecule has 0 amide bonds. The summed E-state index contributed by atoms with van der Waals surface area (Å²) in [6.07, 6.45) is 0. The molecule has 1 aromatic heterocycles. The number of aryl methyl sites for hydroxylation is 1. The third-order valence-electron chi connectivity index (χ3n) is 3.27. The monoisotopic (exact) mass is 356 g/mol. The van der Waals surface area contributed by atoms with Crippen LogP contribution in [0.15, 0.2) is 59.1 Å². The Morgan fingerprint density at radius 3 is 2.52 bits per heavy atom. The Kier molecular flexibility index (Phi) is 3.99. The van der Waals surface area contributed by atoms with Gasteiger partial charge in [0.1, 0.15) is 10.5 Å². The van der Waals surface area contributed by atoms with Gasteiger partial charge in [-0.2, -0.15) is 0 Å². The van der Waals surface area contributed by atoms with E-state index in [1.807, 2.05) is 36.4 Å². The number of hydrogen-bond donors (Lipinski definition) is 1. The van der Waals surface area contributed by atoms with Gasteiger partial charge in [0.25, 0.3) is 0 Å². The minimum atomic E-state index is 0.588. The van der Waals surface area contributed by atoms with Gasteiger partial charge >= 0.3 is 0 Å². The molecule has 0 spiro atoms. The Hall–Kier alpha value is -1.78. The highest BCUT2D eigenvalue weighted by Gasteiger charge is 2.07. The smallest absolute Gasteiger partial charge is 0.139 e. The second-order valence-corrected chi connectivity index (χ2v) is 6.14. The number of halogens is 1. The first-order valence-corrected chi connectivity index (χ1v) is 7.77. The Labute approximate surface area is 137 Å². The van der Waals surface area contributed by atoms with Gasteiger partial charge in [-0.05, 0) is 42.3 Å². The van der Waals surface area contributed by atoms with Crippen LogP contribution in [-0.4, -0.2) is 9.97 Å². The zero-order valence-electron chi connectivity index (χ0n) is 11.4. The zero-order valence-corrected chi connectivity index (χ0v) is 13.8. The molecule has 1 heterocycles. The van der Waals surface area contributed by atoms with Crippen LogP contribution in [0.3, 0.4) is 0 Å². The lowest BCUT2D eigenvalue weighted by Gasteiger charge is -2.09. The fraction of sp³-hybridized carbons (Fsp3) is 0.0588. The van der Waals surface area contributed by atoms with E-state index in [0.29, 0.717) is 4.64 Å². The third-order valence-corrected chi connectivity index (χ3v) is 3.97. The van der Waals surface area contributed by atoms with E-state index in [2.05, 4.69) is 51.0 Å². The quantitative estimate of drug-likeness (QED) is 0.610. The molecule has 2 aromatic carbocycles. The van der Waals surface area contributed by atoms with Gasteiger partial charge in [0, 0.05) is 15.7 Å². The van der Waals surface area contributed by atoms with Gasteiger partial charge in [-0.15, -0.1) is 0 Å². The van der Waals surface area contributed by atoms with E-state index in [4.69, 9.17) is 12.2 Å². The van der Waals surface area contributed by atoms with E-state index in [-0.39, 0.29) is 0 Å². The standard InChI is InChI=1S/C17H13BrN2S/c1-11-9-13(18)7-8-14(11)17-19-15(10-16(21)20-17)12-5-3-2-4-6-12/h2-10H,1H3,(H,19,20,21). The van der Waals surface area contributed by atoms with E-state index in [0.717, 1.165) is 32.7 Å². The molecule has 4 heteroatoms. The molecule has 0 bridgehead atoms. The van der Waals surface area contributed by atoms with Crippen LogP contribution in [0, 0.1) is 11.6 Å². The molecule has 0 radical (unpaired) electrons. The summed E-state index contributed by atoms with van der Waals surface area (Å²) >= 11 is 8.80. The van der Waals surface area contributed by atoms with Gasteiger partial charge in [0.2, 0.25) is 0 Å². The highest BCUT2D eigenvalue weighted by Crippen LogP contribution is 2.25. The molecule has 0 saturated heterocycles. The number of benzene rings is 2. The lowest BCUT2D eigenvalue weighted by Crippen LogP contribution is -1.94. The third kappa shape index (κ3) is 3.12. The van der Waals surface area contributed by atoms with E-state index in [9.17, 15) is 0 Å². The van der Waals surface area contributed by atoms with Crippen molar-refractivity contribution in [3.63, 3.8) is 0 Å². The summed E-state index contributed by atoms with van der Waals surface area (Å²) < 4.78 is 1.64. The van der Waals surface area contributed by atoms with E-state index >= 15 is 0 Å². The summed E-state index contributed by atoms with van der Waals surface area (Å²) in [6, 6.07) is 18.1. The first-order chi connectivity index (χ1) is 10.1. The van der Waals surface area contributed by atoms with E-state index in [1.165, 1.54) is 0 Å². The zero-order chi connectivity index (χ0) is 14.8. The lowest BCUT2D eigenvalue weighted by atomic mass is 10.1. The van der Waals surface area contributed by atoms with Crippen LogP contribution in [0.4, 0.5) is 0 Å². The van der Waals surface area contributed by atoms with Crippen LogP contribution in [0.1, 0.15) is 5.56 Å². The van der Waals surface area contributed by atoms with Gasteiger partial charge in [-0.1, -0.05) is 58.5 Å². The van der Waals surface area contributed by atoms with Crippen molar-refractivity contribution in [2.75, 3.05) is 0 Å². The molecule has 3 aromatic rings. The molecule has 0 aliphatic rings. The Morgan fingerprint density at radius 1 is 1.05 bits per heavy atom. The fourth-order valence-corrected chi connectivity index (χ4v) is 2.94. The number of aromatic amines is 1. The Bertz CT molecular complexity index is 841. The van der Waals surface area contributed by atoms with Crippen LogP contribution in [-0.2, 0) is 0 Å². The van der Waals surface area contributed by atoms with Gasteiger partial charge < -0.3 is 4.98 Å². The minimum Gasteiger partial charge on any atom is -0.339 e. The molecule has 2 nitrogen and oxygen atoms in total. The summed E-state index contributed by atoms with van der Waals surface area (Å²) in [5.74, 6) is 0.798. The number of nitrogens with zero attached hydrogens (tertiary/aromatic N) is 1. The number of hydrogen-bond acceptors (Lipinski definition) is 2. The van der Waals surface area contributed by atoms with Crippen molar-refractivity contribution in [3.05, 3.63) is 69.3 Å². The van der Waals surface area contributed by atoms with Crippen LogP contribution in [0.5, 0.6) is 0 Å². The average molecular weight is 357 g/mol. The summed E-state index contributed by atoms with van der Waals surface area (Å²) in [4.78, 5) is 7.85. The van der Waals surface area contributed by atoms with Crippen molar-refractivity contribution >= 4 is 28.1 Å². The SMILES string of the molecule is Cc1cc(Br)ccc1-c1nc(=S)cc(-c2ccccc2)[nH]1. The molecular formula is C17H13BrN2S. The highest BCUT2D eigenvalue weighted by molar-refractivity contribution is 9.10. The molecule has 21 heavy (non-hydrogen) atoms. The highest BCUT2D eigenvalue weighted by atomic mass is 79.9. The normalized spacial score (nSPS) is 10.6. The van der Waals surface area contributed by atoms with Gasteiger partial charge in [0.05, 0.1) is 0 Å². The maximum Gasteiger partial charge on any atom is 0.139 e. The summed E-state index contributed by atoms with van der Waals surface area (Å²) in [6.45, 7) is 2.06. The molecule has 0 fully saturated rings. The molecule has 1 N–H and O–H groups in total. The molecule has 0 unspecified atom stereocenters. The van der Waals surface area contributed by atoms with Crippen molar-refractivity contribution < 1.29 is 0 Å². The van der Waals surface area contributed by atoms with Crippen molar-refractivity contribution in [2.24, 2.45) is 0 Å². The van der Waals surface area contributed by atoms with Crippen LogP contribution in [0.25, 0.3) is 22.6 Å². The minimum absolute atomic E-state index is 0.588. The molecule has 0 aliphatic carbocycles. The Morgan fingerprint density at radius 2 is 1.81 bits per heavy atom. The second kappa shape index (κ2) is 5.92. The van der Waals surface area contributed by atoms with E-state index in [1.54, 1.807) is 0 Å². The molecule has 0 aliphatic heterocycles. The maximum absolute atomic E-state index is 5.32. The average Bonchev–Trinajstić information content (AvgIpc) is 2.47. The summed E-state index contributed by atoms with van der Waals surface area (Å²) in [5.41, 5.74) is 4.28. The van der Waals surface area contributed by atoms with Crippen molar-refractivity contribution in [1.29, 1.82) is 0 Å². The molecule has 104 valence electrons. The van der Waals surface area contributed by atoms with Gasteiger partial charge in [-0.3, -0.25) is 0 Å². The summed E-state index contributed by atoms with van der Waals surface area (Å²) in [5, 5.41) is 0. The Balaban J connectivity index is 2.16. The lowest BCUT2D eigenvalue weighted by molar-refractivity contribution is 1.15. The molecule has 0 atom stereocenters. The molecule has 3 rings (SSSR count). The van der Waals surface area contributed by atoms with Crippen LogP contribution >= 0.6 is 28.1 Å². The molecule has 0 saturated carbocycles. The first-order valence-electron chi connectivity index (χ1n) is 6.57. The number of nitrogens with one attached hydrogen (secondary N) is 1. The van der Waals surface area contributed by atoms with E-state index < -0.39 is 0 Å². The topological polar surface area (TPSA) is 28.7 Å². The summed E-state index contributed by atoms with van der Waals surface area (Å²) in [7, 11) is 0. The van der Waals surface area contributed by atoms with Gasteiger partial charge in [-0.25, -0.2) is 4.98 Å².